The first-order chi connectivity index (χ1) is 43.5. The number of hydrogen-bond donors (Lipinski definition) is 6. The molecule has 2 rings (SSSR count). The first-order valence-corrected chi connectivity index (χ1v) is 33.4. The number of cyclic esters (lactones) is 1. The van der Waals surface area contributed by atoms with Crippen LogP contribution < -0.4 is 21.3 Å². The second kappa shape index (κ2) is 37.9. The predicted molar refractivity (Wildman–Crippen MR) is 360 cm³/mol. The highest BCUT2D eigenvalue weighted by molar-refractivity contribution is 5.99. The monoisotopic (exact) mass is 1320 g/mol. The fourth-order valence-electron chi connectivity index (χ4n) is 11.5. The molecule has 0 spiro atoms. The molecule has 532 valence electrons. The minimum absolute atomic E-state index is 0.0671. The lowest BCUT2D eigenvalue weighted by Gasteiger charge is -2.40. The first-order valence-electron chi connectivity index (χ1n) is 33.4. The Hall–Kier alpha value is -7.02. The number of rotatable bonds is 18. The molecule has 0 bridgehead atoms. The maximum atomic E-state index is 15.3. The number of likely N-dealkylation sites (N-methyl/N-ethyl adjacent to an activating group) is 6. The van der Waals surface area contributed by atoms with E-state index in [1.807, 2.05) is 88.3 Å². The van der Waals surface area contributed by atoms with Crippen LogP contribution in [0.5, 0.6) is 0 Å². The molecular formula is C69H117N11O14. The number of nitrogens with one attached hydrogen (secondary N) is 4. The van der Waals surface area contributed by atoms with E-state index >= 15 is 14.4 Å². The number of pyridine rings is 1. The second-order valence-electron chi connectivity index (χ2n) is 28.8. The molecule has 13 atom stereocenters. The van der Waals surface area contributed by atoms with Crippen molar-refractivity contribution in [3.8, 4) is 0 Å². The van der Waals surface area contributed by atoms with E-state index in [0.29, 0.717) is 5.69 Å². The smallest absolute Gasteiger partial charge is 0.329 e. The van der Waals surface area contributed by atoms with Crippen molar-refractivity contribution < 1.29 is 67.7 Å². The van der Waals surface area contributed by atoms with Crippen LogP contribution >= 0.6 is 0 Å². The number of aryl methyl sites for hydroxylation is 1. The van der Waals surface area contributed by atoms with Gasteiger partial charge in [-0.1, -0.05) is 116 Å². The van der Waals surface area contributed by atoms with Gasteiger partial charge in [0, 0.05) is 48.0 Å². The molecule has 0 aromatic carbocycles. The number of carbonyl (C=O) groups excluding carboxylic acids is 11. The molecule has 1 aromatic heterocycles. The van der Waals surface area contributed by atoms with Gasteiger partial charge in [-0.05, 0) is 125 Å². The van der Waals surface area contributed by atoms with E-state index < -0.39 is 162 Å². The van der Waals surface area contributed by atoms with E-state index in [1.54, 1.807) is 52.8 Å². The molecule has 25 nitrogen and oxygen atoms in total. The summed E-state index contributed by atoms with van der Waals surface area (Å²) in [5.74, 6) is -11.9. The van der Waals surface area contributed by atoms with Gasteiger partial charge in [0.1, 0.15) is 54.4 Å². The number of aliphatic hydroxyl groups is 2. The van der Waals surface area contributed by atoms with Gasteiger partial charge in [-0.25, -0.2) is 4.79 Å². The standard InChI is InChI=1S/C69H117N11O14/c1-37(2)31-49-64(88)77(21)52(34-40(7)8)60(84)71-46(17)69(93)94-59(43(13)14)68(92)78(22)53(35-41(9)10)62(86)73-50(32-38(3)4)65(89)79(23)56(42(11)12)67(91)80(24)57(58(83)44(15)27-25-29-48-30-26-28-45(16)70-48)63(87)74-55(47(18)81)66(90)75(19)36-54(82)76(20)51(33-39(5)6)61(85)72-49/h25-26,28-30,37-44,46-47,49-53,55-59,81,83H,27,31-36H2,1-24H3,(H,71,84)(H,72,85)(H,73,86)(H,74,87)/b29-25+/t44-,46+,47-,49+,50+,51+,52+,53+,55+,56+,57+,58-,59-/m1/s1. The number of esters is 1. The Kier molecular flexibility index (Phi) is 33.5. The van der Waals surface area contributed by atoms with Crippen molar-refractivity contribution in [2.24, 2.45) is 47.3 Å². The van der Waals surface area contributed by atoms with E-state index in [9.17, 15) is 48.6 Å². The maximum Gasteiger partial charge on any atom is 0.329 e. The lowest BCUT2D eigenvalue weighted by Crippen LogP contribution is -2.64. The van der Waals surface area contributed by atoms with Crippen molar-refractivity contribution in [2.75, 3.05) is 48.8 Å². The summed E-state index contributed by atoms with van der Waals surface area (Å²) in [6, 6.07) is -6.97. The fourth-order valence-corrected chi connectivity index (χ4v) is 11.5. The molecule has 10 amide bonds. The number of carbonyl (C=O) groups is 11. The third-order valence-corrected chi connectivity index (χ3v) is 17.0. The molecule has 0 aliphatic carbocycles. The number of amides is 10. The van der Waals surface area contributed by atoms with E-state index in [0.717, 1.165) is 20.4 Å². The molecule has 0 radical (unpaired) electrons. The molecule has 1 aromatic rings. The normalized spacial score (nSPS) is 25.7. The van der Waals surface area contributed by atoms with Crippen LogP contribution in [0.25, 0.3) is 6.08 Å². The Morgan fingerprint density at radius 2 is 0.957 bits per heavy atom. The van der Waals surface area contributed by atoms with Crippen LogP contribution in [-0.2, 0) is 57.5 Å². The number of aliphatic hydroxyl groups excluding tert-OH is 2. The van der Waals surface area contributed by atoms with Gasteiger partial charge in [0.15, 0.2) is 6.10 Å². The predicted octanol–water partition coefficient (Wildman–Crippen LogP) is 4.19. The molecule has 25 heteroatoms. The van der Waals surface area contributed by atoms with Crippen LogP contribution in [0.2, 0.25) is 0 Å². The van der Waals surface area contributed by atoms with E-state index in [1.165, 1.54) is 70.8 Å². The Morgan fingerprint density at radius 3 is 1.39 bits per heavy atom. The summed E-state index contributed by atoms with van der Waals surface area (Å²) < 4.78 is 5.91. The minimum Gasteiger partial charge on any atom is -0.450 e. The highest BCUT2D eigenvalue weighted by Gasteiger charge is 2.46. The molecule has 0 saturated carbocycles. The third-order valence-electron chi connectivity index (χ3n) is 17.0. The van der Waals surface area contributed by atoms with Gasteiger partial charge in [0.05, 0.1) is 24.4 Å². The van der Waals surface area contributed by atoms with Crippen LogP contribution in [0.15, 0.2) is 24.3 Å². The highest BCUT2D eigenvalue weighted by atomic mass is 16.6. The van der Waals surface area contributed by atoms with Gasteiger partial charge in [-0.3, -0.25) is 52.9 Å². The Balaban J connectivity index is 3.05. The fraction of sp³-hybridized carbons (Fsp3) is 0.739. The van der Waals surface area contributed by atoms with Crippen molar-refractivity contribution in [1.29, 1.82) is 0 Å². The molecule has 94 heavy (non-hydrogen) atoms. The largest absolute Gasteiger partial charge is 0.450 e. The SMILES string of the molecule is Cc1cccc(/C=C/C[C@@H](C)[C@@H](O)[C@H]2C(=O)N[C@@H]([C@@H](C)O)C(=O)N(C)CC(=O)N(C)[C@@H](CC(C)C)C(=O)N[C@@H](CC(C)C)C(=O)N(C)[C@@H](CC(C)C)C(=O)N[C@@H](C)C(=O)O[C@H](C(C)C)C(=O)N(C)[C@@H](CC(C)C)C(=O)N[C@@H](CC(C)C)C(=O)N(C)[C@@H](C(C)C)C(=O)N2C)n1. The molecule has 6 N–H and O–H groups in total. The van der Waals surface area contributed by atoms with E-state index in [4.69, 9.17) is 4.74 Å². The summed E-state index contributed by atoms with van der Waals surface area (Å²) in [6.45, 7) is 30.5. The molecule has 1 aliphatic rings. The zero-order valence-corrected chi connectivity index (χ0v) is 60.8. The summed E-state index contributed by atoms with van der Waals surface area (Å²) in [5, 5.41) is 34.7. The van der Waals surface area contributed by atoms with Gasteiger partial charge in [-0.15, -0.1) is 0 Å². The summed E-state index contributed by atoms with van der Waals surface area (Å²) in [5.41, 5.74) is 1.40. The van der Waals surface area contributed by atoms with Gasteiger partial charge >= 0.3 is 5.97 Å². The van der Waals surface area contributed by atoms with E-state index in [-0.39, 0.29) is 68.1 Å². The van der Waals surface area contributed by atoms with Crippen LogP contribution in [0.4, 0.5) is 0 Å². The first kappa shape index (κ1) is 83.1. The van der Waals surface area contributed by atoms with Crippen molar-refractivity contribution in [3.05, 3.63) is 35.7 Å². The summed E-state index contributed by atoms with van der Waals surface area (Å²) >= 11 is 0. The third kappa shape index (κ3) is 24.3. The Morgan fingerprint density at radius 1 is 0.521 bits per heavy atom. The van der Waals surface area contributed by atoms with Crippen LogP contribution in [0.1, 0.15) is 168 Å². The minimum atomic E-state index is -1.80. The van der Waals surface area contributed by atoms with Crippen molar-refractivity contribution >= 4 is 71.1 Å². The van der Waals surface area contributed by atoms with Crippen molar-refractivity contribution in [3.63, 3.8) is 0 Å². The Bertz CT molecular complexity index is 2770. The van der Waals surface area contributed by atoms with Crippen molar-refractivity contribution in [2.45, 2.75) is 236 Å². The quantitative estimate of drug-likeness (QED) is 0.112. The van der Waals surface area contributed by atoms with Crippen LogP contribution in [0, 0.1) is 54.3 Å². The maximum absolute atomic E-state index is 15.3. The number of nitrogens with zero attached hydrogens (tertiary/aromatic N) is 7. The highest BCUT2D eigenvalue weighted by Crippen LogP contribution is 2.25. The molecule has 0 unspecified atom stereocenters. The van der Waals surface area contributed by atoms with Gasteiger partial charge in [0.2, 0.25) is 53.2 Å². The number of aromatic nitrogens is 1. The Labute approximate surface area is 560 Å². The number of ether oxygens (including phenoxy) is 1. The molecule has 1 saturated heterocycles. The zero-order chi connectivity index (χ0) is 72.2. The zero-order valence-electron chi connectivity index (χ0n) is 60.8. The van der Waals surface area contributed by atoms with Crippen LogP contribution in [0.3, 0.4) is 0 Å². The second-order valence-corrected chi connectivity index (χ2v) is 28.8. The summed E-state index contributed by atoms with van der Waals surface area (Å²) in [7, 11) is 8.11. The number of hydrogen-bond acceptors (Lipinski definition) is 15. The van der Waals surface area contributed by atoms with Gasteiger partial charge in [0.25, 0.3) is 5.91 Å². The summed E-state index contributed by atoms with van der Waals surface area (Å²) in [4.78, 5) is 173. The summed E-state index contributed by atoms with van der Waals surface area (Å²) in [6.07, 6.45) is -0.636. The lowest BCUT2D eigenvalue weighted by molar-refractivity contribution is -0.166. The topological polar surface area (TPSA) is 318 Å². The molecule has 2 heterocycles. The molecule has 1 aliphatic heterocycles. The van der Waals surface area contributed by atoms with Gasteiger partial charge < -0.3 is 65.6 Å². The lowest BCUT2D eigenvalue weighted by atomic mass is 9.91. The number of allylic oxidation sites excluding steroid dienone is 1. The average molecular weight is 1320 g/mol. The van der Waals surface area contributed by atoms with E-state index in [2.05, 4.69) is 26.3 Å². The van der Waals surface area contributed by atoms with Crippen molar-refractivity contribution in [1.82, 2.24) is 55.7 Å². The van der Waals surface area contributed by atoms with Gasteiger partial charge in [-0.2, -0.15) is 0 Å². The molecular weight excluding hydrogens is 1210 g/mol. The average Bonchev–Trinajstić information content (AvgIpc) is 0.812. The van der Waals surface area contributed by atoms with Crippen LogP contribution in [-0.4, -0.2) is 231 Å². The molecule has 1 fully saturated rings.